The van der Waals surface area contributed by atoms with E-state index in [2.05, 4.69) is 9.97 Å². The van der Waals surface area contributed by atoms with Crippen molar-refractivity contribution in [1.82, 2.24) is 14.7 Å². The third-order valence-electron chi connectivity index (χ3n) is 4.78. The number of aromatic nitrogens is 2. The van der Waals surface area contributed by atoms with E-state index in [-0.39, 0.29) is 33.9 Å². The number of fused-ring (bicyclic) bond motifs is 1. The Morgan fingerprint density at radius 2 is 2.06 bits per heavy atom. The number of anilines is 1. The zero-order valence-electron chi connectivity index (χ0n) is 17.2. The fourth-order valence-corrected chi connectivity index (χ4v) is 4.29. The fourth-order valence-electron chi connectivity index (χ4n) is 3.09. The van der Waals surface area contributed by atoms with E-state index in [1.807, 2.05) is 9.44 Å². The molecule has 0 amide bonds. The van der Waals surface area contributed by atoms with Crippen molar-refractivity contribution < 1.29 is 22.0 Å². The first-order valence-corrected chi connectivity index (χ1v) is 12.1. The minimum atomic E-state index is -3.97. The highest BCUT2D eigenvalue weighted by Gasteiger charge is 2.19. The van der Waals surface area contributed by atoms with Crippen LogP contribution in [-0.2, 0) is 16.6 Å². The van der Waals surface area contributed by atoms with Crippen LogP contribution in [0, 0.1) is 12.7 Å². The molecule has 0 bridgehead atoms. The predicted molar refractivity (Wildman–Crippen MR) is 123 cm³/mol. The summed E-state index contributed by atoms with van der Waals surface area (Å²) >= 11 is 7.64. The van der Waals surface area contributed by atoms with E-state index in [0.717, 1.165) is 0 Å². The van der Waals surface area contributed by atoms with Crippen molar-refractivity contribution >= 4 is 49.9 Å². The molecule has 3 heterocycles. The van der Waals surface area contributed by atoms with Gasteiger partial charge in [-0.25, -0.2) is 23.9 Å². The van der Waals surface area contributed by atoms with Crippen LogP contribution in [0.25, 0.3) is 11.0 Å². The topological polar surface area (TPSA) is 123 Å². The van der Waals surface area contributed by atoms with E-state index in [1.165, 1.54) is 36.7 Å². The van der Waals surface area contributed by atoms with Gasteiger partial charge in [-0.05, 0) is 30.2 Å². The van der Waals surface area contributed by atoms with Crippen LogP contribution >= 0.6 is 22.9 Å². The van der Waals surface area contributed by atoms with Crippen molar-refractivity contribution in [2.45, 2.75) is 13.3 Å². The Kier molecular flexibility index (Phi) is 6.34. The lowest BCUT2D eigenvalue weighted by Gasteiger charge is -2.12. The van der Waals surface area contributed by atoms with Gasteiger partial charge in [0.1, 0.15) is 5.58 Å². The number of pyridine rings is 1. The van der Waals surface area contributed by atoms with Gasteiger partial charge in [0.15, 0.2) is 17.4 Å². The molecule has 0 aliphatic rings. The lowest BCUT2D eigenvalue weighted by molar-refractivity contribution is 0.476. The maximum absolute atomic E-state index is 14.9. The smallest absolute Gasteiger partial charge is 0.340 e. The van der Waals surface area contributed by atoms with Gasteiger partial charge in [-0.1, -0.05) is 22.9 Å². The first kappa shape index (κ1) is 23.1. The third kappa shape index (κ3) is 4.83. The standard InChI is InChI=1S/C20H16ClFN4O5S2/c1-10-12-8-14(21)16(31-20-25-5-6-32-20)9-15(12)30-19(27)13(10)7-11-3-4-24-18(17(11)22)26-33(28,29)23-2/h3-6,8-9,23H,7H2,1-2H3,(H,24,26). The summed E-state index contributed by atoms with van der Waals surface area (Å²) in [6, 6.07) is 4.44. The highest BCUT2D eigenvalue weighted by Crippen LogP contribution is 2.35. The molecule has 0 fully saturated rings. The first-order valence-electron chi connectivity index (χ1n) is 9.36. The number of hydrogen-bond acceptors (Lipinski definition) is 8. The summed E-state index contributed by atoms with van der Waals surface area (Å²) in [6.07, 6.45) is 2.67. The SMILES string of the molecule is CNS(=O)(=O)Nc1nccc(Cc2c(C)c3cc(Cl)c(Oc4nccs4)cc3oc2=O)c1F. The number of benzene rings is 1. The van der Waals surface area contributed by atoms with Gasteiger partial charge in [0, 0.05) is 48.3 Å². The van der Waals surface area contributed by atoms with Crippen LogP contribution in [-0.4, -0.2) is 25.4 Å². The van der Waals surface area contributed by atoms with Gasteiger partial charge in [0.2, 0.25) is 0 Å². The Morgan fingerprint density at radius 3 is 2.76 bits per heavy atom. The lowest BCUT2D eigenvalue weighted by atomic mass is 10.00. The van der Waals surface area contributed by atoms with Gasteiger partial charge < -0.3 is 9.15 Å². The molecule has 4 aromatic rings. The molecule has 0 aliphatic carbocycles. The van der Waals surface area contributed by atoms with E-state index in [0.29, 0.717) is 16.1 Å². The van der Waals surface area contributed by atoms with Crippen molar-refractivity contribution in [3.63, 3.8) is 0 Å². The van der Waals surface area contributed by atoms with E-state index in [4.69, 9.17) is 20.8 Å². The molecule has 2 N–H and O–H groups in total. The van der Waals surface area contributed by atoms with Crippen LogP contribution < -0.4 is 19.8 Å². The monoisotopic (exact) mass is 510 g/mol. The molecule has 0 unspecified atom stereocenters. The summed E-state index contributed by atoms with van der Waals surface area (Å²) in [6.45, 7) is 1.69. The lowest BCUT2D eigenvalue weighted by Crippen LogP contribution is -2.27. The molecule has 0 radical (unpaired) electrons. The molecule has 33 heavy (non-hydrogen) atoms. The van der Waals surface area contributed by atoms with Crippen molar-refractivity contribution in [2.75, 3.05) is 11.8 Å². The predicted octanol–water partition coefficient (Wildman–Crippen LogP) is 4.00. The number of rotatable bonds is 7. The van der Waals surface area contributed by atoms with Crippen molar-refractivity contribution in [2.24, 2.45) is 0 Å². The highest BCUT2D eigenvalue weighted by atomic mass is 35.5. The average Bonchev–Trinajstić information content (AvgIpc) is 3.28. The van der Waals surface area contributed by atoms with Crippen molar-refractivity contribution in [3.05, 3.63) is 73.9 Å². The Labute approximate surface area is 196 Å². The van der Waals surface area contributed by atoms with Crippen LogP contribution in [0.4, 0.5) is 10.2 Å². The largest absolute Gasteiger partial charge is 0.429 e. The van der Waals surface area contributed by atoms with E-state index in [1.54, 1.807) is 24.6 Å². The normalized spacial score (nSPS) is 11.6. The number of thiazole rings is 1. The minimum absolute atomic E-state index is 0.0587. The Morgan fingerprint density at radius 1 is 1.27 bits per heavy atom. The molecule has 0 saturated carbocycles. The summed E-state index contributed by atoms with van der Waals surface area (Å²) in [5, 5.41) is 2.95. The molecular formula is C20H16ClFN4O5S2. The molecule has 3 aromatic heterocycles. The molecule has 0 atom stereocenters. The van der Waals surface area contributed by atoms with E-state index < -0.39 is 27.5 Å². The molecule has 0 saturated heterocycles. The Hall–Kier alpha value is -3.06. The highest BCUT2D eigenvalue weighted by molar-refractivity contribution is 7.90. The second kappa shape index (κ2) is 9.06. The van der Waals surface area contributed by atoms with Crippen LogP contribution in [0.2, 0.25) is 5.02 Å². The zero-order chi connectivity index (χ0) is 23.8. The third-order valence-corrected chi connectivity index (χ3v) is 6.73. The number of aryl methyl sites for hydroxylation is 1. The molecule has 0 aliphatic heterocycles. The molecule has 13 heteroatoms. The number of ether oxygens (including phenoxy) is 1. The minimum Gasteiger partial charge on any atom is -0.429 e. The molecular weight excluding hydrogens is 495 g/mol. The van der Waals surface area contributed by atoms with E-state index >= 15 is 0 Å². The second-order valence-corrected chi connectivity index (χ2v) is 9.67. The van der Waals surface area contributed by atoms with Gasteiger partial charge in [-0.3, -0.25) is 4.72 Å². The fraction of sp³-hybridized carbons (Fsp3) is 0.150. The zero-order valence-corrected chi connectivity index (χ0v) is 19.6. The van der Waals surface area contributed by atoms with Crippen LogP contribution in [0.3, 0.4) is 0 Å². The van der Waals surface area contributed by atoms with Crippen LogP contribution in [0.5, 0.6) is 10.9 Å². The summed E-state index contributed by atoms with van der Waals surface area (Å²) < 4.78 is 53.4. The average molecular weight is 511 g/mol. The summed E-state index contributed by atoms with van der Waals surface area (Å²) in [7, 11) is -2.80. The second-order valence-electron chi connectivity index (χ2n) is 6.79. The Bertz CT molecular complexity index is 1510. The first-order chi connectivity index (χ1) is 15.7. The number of hydrogen-bond donors (Lipinski definition) is 2. The summed E-state index contributed by atoms with van der Waals surface area (Å²) in [5.74, 6) is -1.12. The van der Waals surface area contributed by atoms with Gasteiger partial charge in [-0.15, -0.1) is 0 Å². The van der Waals surface area contributed by atoms with E-state index in [9.17, 15) is 17.6 Å². The molecule has 1 aromatic carbocycles. The van der Waals surface area contributed by atoms with Gasteiger partial charge in [0.25, 0.3) is 15.4 Å². The maximum atomic E-state index is 14.9. The Balaban J connectivity index is 1.73. The van der Waals surface area contributed by atoms with Crippen molar-refractivity contribution in [1.29, 1.82) is 0 Å². The quantitative estimate of drug-likeness (QED) is 0.360. The summed E-state index contributed by atoms with van der Waals surface area (Å²) in [4.78, 5) is 20.5. The number of halogens is 2. The van der Waals surface area contributed by atoms with Crippen LogP contribution in [0.15, 0.2) is 45.2 Å². The maximum Gasteiger partial charge on any atom is 0.340 e. The molecule has 9 nitrogen and oxygen atoms in total. The van der Waals surface area contributed by atoms with Crippen LogP contribution in [0.1, 0.15) is 16.7 Å². The van der Waals surface area contributed by atoms with Gasteiger partial charge in [0.05, 0.1) is 5.02 Å². The number of nitrogens with one attached hydrogen (secondary N) is 2. The molecule has 172 valence electrons. The summed E-state index contributed by atoms with van der Waals surface area (Å²) in [5.41, 5.74) is 0.367. The molecule has 0 spiro atoms. The molecule has 4 rings (SSSR count). The van der Waals surface area contributed by atoms with Crippen molar-refractivity contribution in [3.8, 4) is 10.9 Å². The van der Waals surface area contributed by atoms with Gasteiger partial charge >= 0.3 is 5.63 Å². The number of nitrogens with zero attached hydrogens (tertiary/aromatic N) is 2. The van der Waals surface area contributed by atoms with Gasteiger partial charge in [-0.2, -0.15) is 8.42 Å².